The molecule has 0 saturated carbocycles. The highest BCUT2D eigenvalue weighted by atomic mass is 16.5. The molecule has 0 aliphatic rings. The van der Waals surface area contributed by atoms with E-state index in [1.807, 2.05) is 48.1 Å². The first-order valence-electron chi connectivity index (χ1n) is 9.35. The first-order chi connectivity index (χ1) is 14.5. The number of allylic oxidation sites excluding steroid dienone is 2. The van der Waals surface area contributed by atoms with Gasteiger partial charge in [-0.25, -0.2) is 4.79 Å². The number of aryl methyl sites for hydroxylation is 1. The van der Waals surface area contributed by atoms with Gasteiger partial charge in [-0.3, -0.25) is 9.69 Å². The predicted octanol–water partition coefficient (Wildman–Crippen LogP) is 2.78. The summed E-state index contributed by atoms with van der Waals surface area (Å²) in [6.07, 6.45) is 6.08. The zero-order chi connectivity index (χ0) is 21.5. The van der Waals surface area contributed by atoms with Crippen molar-refractivity contribution < 1.29 is 18.7 Å². The monoisotopic (exact) mass is 407 g/mol. The molecular weight excluding hydrogens is 386 g/mol. The van der Waals surface area contributed by atoms with Crippen LogP contribution in [0, 0.1) is 11.3 Å². The van der Waals surface area contributed by atoms with E-state index in [0.29, 0.717) is 12.8 Å². The summed E-state index contributed by atoms with van der Waals surface area (Å²) in [6, 6.07) is 9.84. The summed E-state index contributed by atoms with van der Waals surface area (Å²) in [6.45, 7) is 0.289. The van der Waals surface area contributed by atoms with E-state index in [-0.39, 0.29) is 30.8 Å². The van der Waals surface area contributed by atoms with Crippen LogP contribution in [-0.2, 0) is 23.0 Å². The Balaban J connectivity index is 1.82. The Morgan fingerprint density at radius 2 is 2.13 bits per heavy atom. The lowest BCUT2D eigenvalue weighted by Crippen LogP contribution is -2.33. The molecule has 0 fully saturated rings. The minimum absolute atomic E-state index is 0.0649. The molecule has 2 aromatic heterocycles. The molecule has 0 saturated heterocycles. The van der Waals surface area contributed by atoms with Crippen LogP contribution in [0.4, 0.5) is 6.01 Å². The number of para-hydroxylation sites is 1. The second kappa shape index (κ2) is 9.52. The zero-order valence-corrected chi connectivity index (χ0v) is 16.7. The van der Waals surface area contributed by atoms with Crippen molar-refractivity contribution in [3.63, 3.8) is 0 Å². The van der Waals surface area contributed by atoms with Crippen molar-refractivity contribution in [2.24, 2.45) is 7.05 Å². The number of ether oxygens (including phenoxy) is 1. The number of carbonyl (C=O) groups is 2. The highest BCUT2D eigenvalue weighted by molar-refractivity contribution is 5.92. The number of amides is 1. The van der Waals surface area contributed by atoms with Crippen LogP contribution in [0.3, 0.4) is 0 Å². The van der Waals surface area contributed by atoms with Crippen LogP contribution in [-0.4, -0.2) is 40.3 Å². The van der Waals surface area contributed by atoms with Gasteiger partial charge in [-0.1, -0.05) is 34.5 Å². The first-order valence-corrected chi connectivity index (χ1v) is 9.35. The predicted molar refractivity (Wildman–Crippen MR) is 109 cm³/mol. The van der Waals surface area contributed by atoms with Crippen molar-refractivity contribution in [2.45, 2.75) is 19.3 Å². The van der Waals surface area contributed by atoms with Gasteiger partial charge in [0.05, 0.1) is 13.2 Å². The number of esters is 1. The average Bonchev–Trinajstić information content (AvgIpc) is 3.37. The molecule has 0 unspecified atom stereocenters. The van der Waals surface area contributed by atoms with E-state index in [4.69, 9.17) is 9.68 Å². The lowest BCUT2D eigenvalue weighted by atomic mass is 10.1. The van der Waals surface area contributed by atoms with Gasteiger partial charge in [0.25, 0.3) is 0 Å². The molecular formula is C21H21N5O4. The van der Waals surface area contributed by atoms with Crippen molar-refractivity contribution in [3.8, 4) is 6.07 Å². The molecule has 1 aromatic carbocycles. The Morgan fingerprint density at radius 1 is 1.33 bits per heavy atom. The normalized spacial score (nSPS) is 11.0. The molecule has 9 nitrogen and oxygen atoms in total. The maximum atomic E-state index is 12.8. The molecule has 3 rings (SSSR count). The number of nitrogens with zero attached hydrogens (tertiary/aromatic N) is 5. The second-order valence-electron chi connectivity index (χ2n) is 6.53. The molecule has 0 N–H and O–H groups in total. The minimum atomic E-state index is -0.771. The van der Waals surface area contributed by atoms with Gasteiger partial charge in [0.15, 0.2) is 0 Å². The van der Waals surface area contributed by atoms with Crippen LogP contribution in [0.15, 0.2) is 47.0 Å². The highest BCUT2D eigenvalue weighted by Crippen LogP contribution is 2.22. The van der Waals surface area contributed by atoms with E-state index >= 15 is 0 Å². The van der Waals surface area contributed by atoms with Gasteiger partial charge < -0.3 is 13.7 Å². The number of benzene rings is 1. The molecule has 3 aromatic rings. The molecule has 0 spiro atoms. The average molecular weight is 407 g/mol. The van der Waals surface area contributed by atoms with E-state index < -0.39 is 5.97 Å². The van der Waals surface area contributed by atoms with Gasteiger partial charge in [0.1, 0.15) is 0 Å². The molecule has 154 valence electrons. The van der Waals surface area contributed by atoms with E-state index in [0.717, 1.165) is 16.5 Å². The van der Waals surface area contributed by atoms with Crippen molar-refractivity contribution in [2.75, 3.05) is 18.6 Å². The summed E-state index contributed by atoms with van der Waals surface area (Å²) in [5.74, 6) is -1.34. The SMILES string of the molecule is COC(=O)c1nnc(N(CCc2cn(C)c3ccccc23)C(=O)CC/C=C/C#N)o1. The van der Waals surface area contributed by atoms with Crippen LogP contribution in [0.5, 0.6) is 0 Å². The molecule has 1 amide bonds. The molecule has 0 bridgehead atoms. The zero-order valence-electron chi connectivity index (χ0n) is 16.7. The molecule has 30 heavy (non-hydrogen) atoms. The molecule has 0 aliphatic heterocycles. The maximum Gasteiger partial charge on any atom is 0.396 e. The molecule has 0 aliphatic carbocycles. The highest BCUT2D eigenvalue weighted by Gasteiger charge is 2.24. The summed E-state index contributed by atoms with van der Waals surface area (Å²) in [5, 5.41) is 17.2. The fraction of sp³-hybridized carbons (Fsp3) is 0.286. The molecule has 2 heterocycles. The molecule has 9 heteroatoms. The Hall–Kier alpha value is -3.93. The summed E-state index contributed by atoms with van der Waals surface area (Å²) in [5.41, 5.74) is 2.17. The van der Waals surface area contributed by atoms with Crippen LogP contribution < -0.4 is 4.90 Å². The molecule has 0 atom stereocenters. The van der Waals surface area contributed by atoms with Crippen LogP contribution >= 0.6 is 0 Å². The number of fused-ring (bicyclic) bond motifs is 1. The lowest BCUT2D eigenvalue weighted by Gasteiger charge is -2.17. The number of hydrogen-bond donors (Lipinski definition) is 0. The van der Waals surface area contributed by atoms with Gasteiger partial charge in [-0.05, 0) is 24.5 Å². The number of aromatic nitrogens is 3. The van der Waals surface area contributed by atoms with Gasteiger partial charge in [0.2, 0.25) is 5.91 Å². The van der Waals surface area contributed by atoms with Crippen molar-refractivity contribution >= 4 is 28.8 Å². The Bertz CT molecular complexity index is 1120. The van der Waals surface area contributed by atoms with Crippen LogP contribution in [0.2, 0.25) is 0 Å². The molecule has 0 radical (unpaired) electrons. The summed E-state index contributed by atoms with van der Waals surface area (Å²) in [7, 11) is 3.17. The van der Waals surface area contributed by atoms with Gasteiger partial charge in [0, 0.05) is 43.2 Å². The van der Waals surface area contributed by atoms with Crippen molar-refractivity contribution in [1.82, 2.24) is 14.8 Å². The fourth-order valence-corrected chi connectivity index (χ4v) is 3.16. The summed E-state index contributed by atoms with van der Waals surface area (Å²) in [4.78, 5) is 25.8. The number of rotatable bonds is 8. The van der Waals surface area contributed by atoms with Crippen LogP contribution in [0.25, 0.3) is 10.9 Å². The third-order valence-corrected chi connectivity index (χ3v) is 4.61. The van der Waals surface area contributed by atoms with Gasteiger partial charge >= 0.3 is 17.9 Å². The maximum absolute atomic E-state index is 12.8. The Labute approximate surface area is 173 Å². The number of nitriles is 1. The Kier molecular flexibility index (Phi) is 6.60. The number of methoxy groups -OCH3 is 1. The minimum Gasteiger partial charge on any atom is -0.462 e. The topological polar surface area (TPSA) is 114 Å². The largest absolute Gasteiger partial charge is 0.462 e. The van der Waals surface area contributed by atoms with E-state index in [1.165, 1.54) is 18.1 Å². The number of anilines is 1. The van der Waals surface area contributed by atoms with Gasteiger partial charge in [-0.15, -0.1) is 0 Å². The first kappa shape index (κ1) is 20.8. The second-order valence-corrected chi connectivity index (χ2v) is 6.53. The van der Waals surface area contributed by atoms with Crippen LogP contribution in [0.1, 0.15) is 29.1 Å². The third kappa shape index (κ3) is 4.55. The van der Waals surface area contributed by atoms with E-state index in [2.05, 4.69) is 14.9 Å². The quantitative estimate of drug-likeness (QED) is 0.416. The lowest BCUT2D eigenvalue weighted by molar-refractivity contribution is -0.118. The van der Waals surface area contributed by atoms with Crippen molar-refractivity contribution in [3.05, 3.63) is 54.1 Å². The van der Waals surface area contributed by atoms with E-state index in [1.54, 1.807) is 6.08 Å². The standard InChI is InChI=1S/C21H21N5O4/c1-25-14-15(16-8-5-6-9-17(16)25)11-13-26(18(27)10-4-3-7-12-22)21-24-23-19(30-21)20(28)29-2/h3,5-9,14H,4,10-11,13H2,1-2H3/b7-3+. The van der Waals surface area contributed by atoms with Gasteiger partial charge in [-0.2, -0.15) is 5.26 Å². The van der Waals surface area contributed by atoms with E-state index in [9.17, 15) is 9.59 Å². The third-order valence-electron chi connectivity index (χ3n) is 4.61. The fourth-order valence-electron chi connectivity index (χ4n) is 3.16. The summed E-state index contributed by atoms with van der Waals surface area (Å²) < 4.78 is 12.0. The Morgan fingerprint density at radius 3 is 2.90 bits per heavy atom. The smallest absolute Gasteiger partial charge is 0.396 e. The number of carbonyl (C=O) groups excluding carboxylic acids is 2. The number of hydrogen-bond acceptors (Lipinski definition) is 7. The van der Waals surface area contributed by atoms with Crippen molar-refractivity contribution in [1.29, 1.82) is 5.26 Å². The summed E-state index contributed by atoms with van der Waals surface area (Å²) >= 11 is 0.